The number of piperidine rings is 1. The number of pyridine rings is 1. The van der Waals surface area contributed by atoms with Crippen LogP contribution in [0.3, 0.4) is 0 Å². The Balaban J connectivity index is 1.62. The van der Waals surface area contributed by atoms with Crippen LogP contribution in [0, 0.1) is 0 Å². The number of rotatable bonds is 5. The van der Waals surface area contributed by atoms with Gasteiger partial charge in [-0.1, -0.05) is 35.9 Å². The molecule has 1 fully saturated rings. The Hall–Kier alpha value is -3.52. The number of aromatic nitrogens is 5. The van der Waals surface area contributed by atoms with Gasteiger partial charge in [0.2, 0.25) is 5.95 Å². The molecule has 8 heteroatoms. The minimum Gasteiger partial charge on any atom is -0.341 e. The van der Waals surface area contributed by atoms with Crippen molar-refractivity contribution in [2.75, 3.05) is 18.0 Å². The van der Waals surface area contributed by atoms with E-state index in [1.807, 2.05) is 34.9 Å². The van der Waals surface area contributed by atoms with Crippen LogP contribution in [0.1, 0.15) is 32.4 Å². The van der Waals surface area contributed by atoms with E-state index < -0.39 is 0 Å². The first-order valence-electron chi connectivity index (χ1n) is 11.4. The van der Waals surface area contributed by atoms with Crippen LogP contribution in [0.2, 0.25) is 0 Å². The van der Waals surface area contributed by atoms with E-state index in [0.717, 1.165) is 48.3 Å². The summed E-state index contributed by atoms with van der Waals surface area (Å²) in [6, 6.07) is 10.1. The van der Waals surface area contributed by atoms with E-state index in [2.05, 4.69) is 34.9 Å². The Labute approximate surface area is 192 Å². The first-order chi connectivity index (χ1) is 16.0. The van der Waals surface area contributed by atoms with Gasteiger partial charge in [0.15, 0.2) is 0 Å². The molecular formula is C25H29N7O. The summed E-state index contributed by atoms with van der Waals surface area (Å²) in [6.07, 6.45) is 7.61. The molecule has 0 amide bonds. The van der Waals surface area contributed by atoms with Gasteiger partial charge in [-0.3, -0.25) is 9.78 Å². The van der Waals surface area contributed by atoms with Gasteiger partial charge in [-0.2, -0.15) is 5.10 Å². The lowest BCUT2D eigenvalue weighted by atomic mass is 10.1. The zero-order valence-electron chi connectivity index (χ0n) is 19.1. The second-order valence-corrected chi connectivity index (χ2v) is 8.97. The van der Waals surface area contributed by atoms with Gasteiger partial charge in [0, 0.05) is 37.3 Å². The molecule has 0 radical (unpaired) electrons. The van der Waals surface area contributed by atoms with E-state index in [-0.39, 0.29) is 11.6 Å². The summed E-state index contributed by atoms with van der Waals surface area (Å²) < 4.78 is 3.50. The van der Waals surface area contributed by atoms with Gasteiger partial charge in [0.1, 0.15) is 11.0 Å². The van der Waals surface area contributed by atoms with Crippen LogP contribution in [0.4, 0.5) is 5.95 Å². The lowest BCUT2D eigenvalue weighted by molar-refractivity contribution is 0.495. The number of hydrogen-bond acceptors (Lipinski definition) is 6. The Morgan fingerprint density at radius 2 is 2.09 bits per heavy atom. The summed E-state index contributed by atoms with van der Waals surface area (Å²) in [5.41, 5.74) is 9.26. The quantitative estimate of drug-likeness (QED) is 0.476. The normalized spacial score (nSPS) is 16.5. The molecule has 4 heterocycles. The van der Waals surface area contributed by atoms with E-state index in [0.29, 0.717) is 24.1 Å². The third kappa shape index (κ3) is 4.14. The number of anilines is 1. The minimum atomic E-state index is -0.163. The number of nitrogens with two attached hydrogens (primary N) is 1. The van der Waals surface area contributed by atoms with Gasteiger partial charge in [-0.15, -0.1) is 0 Å². The van der Waals surface area contributed by atoms with Gasteiger partial charge in [0.05, 0.1) is 18.4 Å². The predicted octanol–water partition coefficient (Wildman–Crippen LogP) is 3.08. The molecule has 1 unspecified atom stereocenters. The van der Waals surface area contributed by atoms with E-state index in [1.165, 1.54) is 10.3 Å². The van der Waals surface area contributed by atoms with Crippen LogP contribution in [-0.4, -0.2) is 43.4 Å². The Bertz CT molecular complexity index is 1390. The lowest BCUT2D eigenvalue weighted by Crippen LogP contribution is -2.44. The molecule has 2 N–H and O–H groups in total. The number of fused-ring (bicyclic) bond motifs is 2. The summed E-state index contributed by atoms with van der Waals surface area (Å²) in [5.74, 6) is 0.789. The highest BCUT2D eigenvalue weighted by molar-refractivity contribution is 5.84. The largest absolute Gasteiger partial charge is 0.341 e. The van der Waals surface area contributed by atoms with Crippen molar-refractivity contribution in [3.05, 3.63) is 70.4 Å². The summed E-state index contributed by atoms with van der Waals surface area (Å²) in [7, 11) is 0. The molecule has 4 aromatic rings. The molecule has 170 valence electrons. The third-order valence-electron chi connectivity index (χ3n) is 6.21. The zero-order chi connectivity index (χ0) is 22.9. The molecule has 8 nitrogen and oxygen atoms in total. The van der Waals surface area contributed by atoms with Crippen molar-refractivity contribution < 1.29 is 0 Å². The van der Waals surface area contributed by atoms with Gasteiger partial charge < -0.3 is 15.2 Å². The van der Waals surface area contributed by atoms with Crippen LogP contribution in [-0.2, 0) is 13.1 Å². The van der Waals surface area contributed by atoms with Gasteiger partial charge >= 0.3 is 0 Å². The van der Waals surface area contributed by atoms with E-state index >= 15 is 0 Å². The fourth-order valence-corrected chi connectivity index (χ4v) is 4.52. The monoisotopic (exact) mass is 443 g/mol. The molecule has 0 spiro atoms. The summed E-state index contributed by atoms with van der Waals surface area (Å²) in [6.45, 7) is 6.61. The standard InChI is InChI=1S/C25H29N7O/c1-17(2)10-13-31-23-21(29-25(31)30-12-5-7-19(26)15-30)14-28-32(24(23)33)16-22-20-8-4-3-6-18(20)9-11-27-22/h3-4,6,8-11,14,19H,5,7,12-13,15-16,26H2,1-2H3. The smallest absolute Gasteiger partial charge is 0.293 e. The van der Waals surface area contributed by atoms with Crippen molar-refractivity contribution in [2.45, 2.75) is 45.8 Å². The van der Waals surface area contributed by atoms with Crippen molar-refractivity contribution in [1.82, 2.24) is 24.3 Å². The Kier molecular flexibility index (Phi) is 5.68. The van der Waals surface area contributed by atoms with Crippen molar-refractivity contribution in [1.29, 1.82) is 0 Å². The summed E-state index contributed by atoms with van der Waals surface area (Å²) in [5, 5.41) is 6.56. The minimum absolute atomic E-state index is 0.114. The van der Waals surface area contributed by atoms with E-state index in [9.17, 15) is 4.79 Å². The summed E-state index contributed by atoms with van der Waals surface area (Å²) >= 11 is 0. The number of nitrogens with zero attached hydrogens (tertiary/aromatic N) is 6. The number of allylic oxidation sites excluding steroid dienone is 2. The van der Waals surface area contributed by atoms with Crippen LogP contribution in [0.25, 0.3) is 21.8 Å². The number of benzene rings is 1. The fraction of sp³-hybridized carbons (Fsp3) is 0.360. The van der Waals surface area contributed by atoms with Gasteiger partial charge in [-0.25, -0.2) is 9.67 Å². The second kappa shape index (κ2) is 8.78. The van der Waals surface area contributed by atoms with Crippen molar-refractivity contribution in [3.63, 3.8) is 0 Å². The third-order valence-corrected chi connectivity index (χ3v) is 6.21. The van der Waals surface area contributed by atoms with E-state index in [4.69, 9.17) is 10.7 Å². The molecule has 1 aliphatic rings. The molecule has 1 aromatic carbocycles. The van der Waals surface area contributed by atoms with E-state index in [1.54, 1.807) is 12.4 Å². The Morgan fingerprint density at radius 1 is 1.24 bits per heavy atom. The molecule has 1 atom stereocenters. The van der Waals surface area contributed by atoms with Gasteiger partial charge in [-0.05, 0) is 38.1 Å². The molecule has 0 bridgehead atoms. The van der Waals surface area contributed by atoms with Gasteiger partial charge in [0.25, 0.3) is 5.56 Å². The summed E-state index contributed by atoms with van der Waals surface area (Å²) in [4.78, 5) is 25.2. The average molecular weight is 444 g/mol. The first-order valence-corrected chi connectivity index (χ1v) is 11.4. The van der Waals surface area contributed by atoms with Crippen molar-refractivity contribution >= 4 is 27.8 Å². The SMILES string of the molecule is CC(C)=CCn1c(N2CCCC(N)C2)nc2cnn(Cc3nccc4ccccc34)c(=O)c21. The predicted molar refractivity (Wildman–Crippen MR) is 131 cm³/mol. The number of imidazole rings is 1. The molecular weight excluding hydrogens is 414 g/mol. The van der Waals surface area contributed by atoms with Crippen LogP contribution in [0.5, 0.6) is 0 Å². The maximum Gasteiger partial charge on any atom is 0.293 e. The molecule has 0 saturated carbocycles. The molecule has 1 aliphatic heterocycles. The average Bonchev–Trinajstić information content (AvgIpc) is 3.19. The number of hydrogen-bond donors (Lipinski definition) is 1. The lowest BCUT2D eigenvalue weighted by Gasteiger charge is -2.31. The molecule has 33 heavy (non-hydrogen) atoms. The van der Waals surface area contributed by atoms with Crippen molar-refractivity contribution in [3.8, 4) is 0 Å². The molecule has 0 aliphatic carbocycles. The highest BCUT2D eigenvalue weighted by atomic mass is 16.1. The van der Waals surface area contributed by atoms with Crippen LogP contribution in [0.15, 0.2) is 59.2 Å². The van der Waals surface area contributed by atoms with Crippen LogP contribution >= 0.6 is 0 Å². The maximum atomic E-state index is 13.6. The first kappa shape index (κ1) is 21.3. The highest BCUT2D eigenvalue weighted by Crippen LogP contribution is 2.24. The highest BCUT2D eigenvalue weighted by Gasteiger charge is 2.24. The molecule has 5 rings (SSSR count). The van der Waals surface area contributed by atoms with Crippen molar-refractivity contribution in [2.24, 2.45) is 5.73 Å². The molecule has 3 aromatic heterocycles. The maximum absolute atomic E-state index is 13.6. The Morgan fingerprint density at radius 3 is 2.91 bits per heavy atom. The second-order valence-electron chi connectivity index (χ2n) is 8.97. The zero-order valence-corrected chi connectivity index (χ0v) is 19.1. The fourth-order valence-electron chi connectivity index (χ4n) is 4.52. The van der Waals surface area contributed by atoms with Crippen LogP contribution < -0.4 is 16.2 Å². The topological polar surface area (TPSA) is 94.9 Å². The molecule has 1 saturated heterocycles.